The lowest BCUT2D eigenvalue weighted by molar-refractivity contribution is 1.10. The topological polar surface area (TPSA) is 12.9 Å². The van der Waals surface area contributed by atoms with E-state index in [1.54, 1.807) is 0 Å². The Morgan fingerprint density at radius 2 is 1.79 bits per heavy atom. The van der Waals surface area contributed by atoms with Crippen molar-refractivity contribution in [2.24, 2.45) is 0 Å². The molecule has 0 unspecified atom stereocenters. The number of aromatic nitrogens is 1. The summed E-state index contributed by atoms with van der Waals surface area (Å²) in [6.45, 7) is 2.11. The Bertz CT molecular complexity index is 717. The highest BCUT2D eigenvalue weighted by Crippen LogP contribution is 2.23. The molecule has 1 aromatic heterocycles. The highest BCUT2D eigenvalue weighted by Gasteiger charge is 2.04. The first-order valence-corrected chi connectivity index (χ1v) is 7.10. The maximum atomic E-state index is 4.54. The van der Waals surface area contributed by atoms with Crippen LogP contribution >= 0.6 is 15.9 Å². The van der Waals surface area contributed by atoms with Gasteiger partial charge in [0.25, 0.3) is 0 Å². The number of nitrogens with zero attached hydrogens (tertiary/aromatic N) is 1. The first kappa shape index (κ1) is 12.4. The van der Waals surface area contributed by atoms with Crippen LogP contribution in [-0.2, 0) is 6.42 Å². The number of hydrogen-bond donors (Lipinski definition) is 0. The molecule has 3 aromatic rings. The molecule has 0 amide bonds. The van der Waals surface area contributed by atoms with Gasteiger partial charge in [0.05, 0.1) is 5.69 Å². The van der Waals surface area contributed by atoms with Gasteiger partial charge in [-0.3, -0.25) is 4.98 Å². The Labute approximate surface area is 121 Å². The van der Waals surface area contributed by atoms with E-state index in [0.717, 1.165) is 16.6 Å². The van der Waals surface area contributed by atoms with Gasteiger partial charge in [0.15, 0.2) is 0 Å². The molecular formula is C17H14BrN. The van der Waals surface area contributed by atoms with Gasteiger partial charge in [-0.2, -0.15) is 0 Å². The summed E-state index contributed by atoms with van der Waals surface area (Å²) in [6.07, 6.45) is 2.76. The number of halogens is 1. The van der Waals surface area contributed by atoms with Crippen molar-refractivity contribution in [3.63, 3.8) is 0 Å². The molecule has 0 N–H and O–H groups in total. The van der Waals surface area contributed by atoms with Gasteiger partial charge in [0.1, 0.15) is 0 Å². The Morgan fingerprint density at radius 3 is 2.58 bits per heavy atom. The molecule has 19 heavy (non-hydrogen) atoms. The zero-order valence-electron chi connectivity index (χ0n) is 10.7. The van der Waals surface area contributed by atoms with Gasteiger partial charge >= 0.3 is 0 Å². The van der Waals surface area contributed by atoms with Crippen molar-refractivity contribution >= 4 is 26.7 Å². The molecule has 0 saturated heterocycles. The molecule has 2 aromatic carbocycles. The molecule has 0 bridgehead atoms. The summed E-state index contributed by atoms with van der Waals surface area (Å²) in [5.74, 6) is 0. The molecule has 0 fully saturated rings. The van der Waals surface area contributed by atoms with Crippen molar-refractivity contribution in [3.05, 3.63) is 76.0 Å². The molecular weight excluding hydrogens is 298 g/mol. The van der Waals surface area contributed by atoms with Gasteiger partial charge < -0.3 is 0 Å². The molecule has 0 saturated carbocycles. The van der Waals surface area contributed by atoms with Gasteiger partial charge in [-0.05, 0) is 36.1 Å². The summed E-state index contributed by atoms with van der Waals surface area (Å²) in [6, 6.07) is 17.0. The quantitative estimate of drug-likeness (QED) is 0.656. The van der Waals surface area contributed by atoms with Crippen LogP contribution in [0.2, 0.25) is 0 Å². The summed E-state index contributed by atoms with van der Waals surface area (Å²) in [5.41, 5.74) is 3.72. The molecule has 3 rings (SSSR count). The van der Waals surface area contributed by atoms with E-state index in [4.69, 9.17) is 0 Å². The minimum absolute atomic E-state index is 0.874. The Hall–Kier alpha value is -1.67. The SMILES string of the molecule is Cc1ccc(Cc2nccc3cc(Br)ccc23)cc1. The third-order valence-electron chi connectivity index (χ3n) is 3.30. The fourth-order valence-corrected chi connectivity index (χ4v) is 2.63. The number of rotatable bonds is 2. The first-order valence-electron chi connectivity index (χ1n) is 6.31. The van der Waals surface area contributed by atoms with Gasteiger partial charge in [-0.1, -0.05) is 51.8 Å². The highest BCUT2D eigenvalue weighted by atomic mass is 79.9. The van der Waals surface area contributed by atoms with E-state index in [1.807, 2.05) is 6.20 Å². The molecule has 0 spiro atoms. The second-order valence-electron chi connectivity index (χ2n) is 4.79. The number of pyridine rings is 1. The first-order chi connectivity index (χ1) is 9.22. The highest BCUT2D eigenvalue weighted by molar-refractivity contribution is 9.10. The maximum Gasteiger partial charge on any atom is 0.0525 e. The number of hydrogen-bond acceptors (Lipinski definition) is 1. The minimum atomic E-state index is 0.874. The van der Waals surface area contributed by atoms with Crippen LogP contribution in [0, 0.1) is 6.92 Å². The fourth-order valence-electron chi connectivity index (χ4n) is 2.25. The molecule has 0 aliphatic carbocycles. The Kier molecular flexibility index (Phi) is 3.34. The summed E-state index contributed by atoms with van der Waals surface area (Å²) >= 11 is 3.51. The summed E-state index contributed by atoms with van der Waals surface area (Å²) in [5, 5.41) is 2.46. The largest absolute Gasteiger partial charge is 0.260 e. The van der Waals surface area contributed by atoms with E-state index >= 15 is 0 Å². The van der Waals surface area contributed by atoms with E-state index in [0.29, 0.717) is 0 Å². The van der Waals surface area contributed by atoms with E-state index in [2.05, 4.69) is 76.4 Å². The molecule has 0 aliphatic rings. The normalized spacial score (nSPS) is 10.8. The second kappa shape index (κ2) is 5.14. The zero-order chi connectivity index (χ0) is 13.2. The molecule has 1 heterocycles. The number of fused-ring (bicyclic) bond motifs is 1. The monoisotopic (exact) mass is 311 g/mol. The lowest BCUT2D eigenvalue weighted by Gasteiger charge is -2.06. The van der Waals surface area contributed by atoms with Crippen LogP contribution < -0.4 is 0 Å². The smallest absolute Gasteiger partial charge is 0.0525 e. The third-order valence-corrected chi connectivity index (χ3v) is 3.79. The lowest BCUT2D eigenvalue weighted by Crippen LogP contribution is -1.93. The van der Waals surface area contributed by atoms with Crippen molar-refractivity contribution in [3.8, 4) is 0 Å². The average Bonchev–Trinajstić information content (AvgIpc) is 2.41. The predicted octanol–water partition coefficient (Wildman–Crippen LogP) is 4.90. The van der Waals surface area contributed by atoms with Crippen LogP contribution in [0.3, 0.4) is 0 Å². The van der Waals surface area contributed by atoms with Crippen LogP contribution in [0.15, 0.2) is 59.2 Å². The summed E-state index contributed by atoms with van der Waals surface area (Å²) in [4.78, 5) is 4.54. The predicted molar refractivity (Wildman–Crippen MR) is 83.4 cm³/mol. The molecule has 0 atom stereocenters. The average molecular weight is 312 g/mol. The standard InChI is InChI=1S/C17H14BrN/c1-12-2-4-13(5-3-12)10-17-16-7-6-15(18)11-14(16)8-9-19-17/h2-9,11H,10H2,1H3. The molecule has 2 heteroatoms. The van der Waals surface area contributed by atoms with Gasteiger partial charge in [-0.25, -0.2) is 0 Å². The van der Waals surface area contributed by atoms with Crippen molar-refractivity contribution in [1.82, 2.24) is 4.98 Å². The Balaban J connectivity index is 2.03. The molecule has 0 radical (unpaired) electrons. The van der Waals surface area contributed by atoms with Crippen molar-refractivity contribution in [1.29, 1.82) is 0 Å². The second-order valence-corrected chi connectivity index (χ2v) is 5.70. The summed E-state index contributed by atoms with van der Waals surface area (Å²) in [7, 11) is 0. The number of aryl methyl sites for hydroxylation is 1. The van der Waals surface area contributed by atoms with Gasteiger partial charge in [-0.15, -0.1) is 0 Å². The van der Waals surface area contributed by atoms with Crippen LogP contribution in [0.1, 0.15) is 16.8 Å². The summed E-state index contributed by atoms with van der Waals surface area (Å²) < 4.78 is 1.10. The van der Waals surface area contributed by atoms with Crippen molar-refractivity contribution in [2.45, 2.75) is 13.3 Å². The van der Waals surface area contributed by atoms with E-state index in [9.17, 15) is 0 Å². The minimum Gasteiger partial charge on any atom is -0.260 e. The maximum absolute atomic E-state index is 4.54. The van der Waals surface area contributed by atoms with Crippen molar-refractivity contribution < 1.29 is 0 Å². The fraction of sp³-hybridized carbons (Fsp3) is 0.118. The van der Waals surface area contributed by atoms with Crippen LogP contribution in [0.25, 0.3) is 10.8 Å². The Morgan fingerprint density at radius 1 is 1.00 bits per heavy atom. The van der Waals surface area contributed by atoms with E-state index < -0.39 is 0 Å². The van der Waals surface area contributed by atoms with E-state index in [1.165, 1.54) is 21.9 Å². The van der Waals surface area contributed by atoms with E-state index in [-0.39, 0.29) is 0 Å². The van der Waals surface area contributed by atoms with Gasteiger partial charge in [0.2, 0.25) is 0 Å². The lowest BCUT2D eigenvalue weighted by atomic mass is 10.0. The third kappa shape index (κ3) is 2.69. The molecule has 94 valence electrons. The van der Waals surface area contributed by atoms with Crippen LogP contribution in [0.5, 0.6) is 0 Å². The van der Waals surface area contributed by atoms with Crippen molar-refractivity contribution in [2.75, 3.05) is 0 Å². The molecule has 0 aliphatic heterocycles. The van der Waals surface area contributed by atoms with Gasteiger partial charge in [0, 0.05) is 22.5 Å². The van der Waals surface area contributed by atoms with Crippen LogP contribution in [0.4, 0.5) is 0 Å². The molecule has 1 nitrogen and oxygen atoms in total. The number of benzene rings is 2. The van der Waals surface area contributed by atoms with Crippen LogP contribution in [-0.4, -0.2) is 4.98 Å². The zero-order valence-corrected chi connectivity index (χ0v) is 12.3.